The number of aromatic nitrogens is 1. The maximum atomic E-state index is 13.7. The molecule has 0 N–H and O–H groups in total. The van der Waals surface area contributed by atoms with Crippen LogP contribution in [0.2, 0.25) is 0 Å². The molecule has 0 aliphatic carbocycles. The van der Waals surface area contributed by atoms with Crippen LogP contribution in [-0.2, 0) is 22.6 Å². The zero-order valence-corrected chi connectivity index (χ0v) is 19.6. The van der Waals surface area contributed by atoms with E-state index in [1.54, 1.807) is 12.4 Å². The van der Waals surface area contributed by atoms with Gasteiger partial charge in [0.15, 0.2) is 0 Å². The fourth-order valence-electron chi connectivity index (χ4n) is 4.15. The molecule has 174 valence electrons. The summed E-state index contributed by atoms with van der Waals surface area (Å²) in [6, 6.07) is 20.9. The summed E-state index contributed by atoms with van der Waals surface area (Å²) in [6.45, 7) is 5.97. The molecule has 1 aliphatic heterocycles. The molecule has 0 spiro atoms. The van der Waals surface area contributed by atoms with Crippen molar-refractivity contribution in [2.75, 3.05) is 19.7 Å². The monoisotopic (exact) mass is 455 g/mol. The zero-order valence-electron chi connectivity index (χ0n) is 19.6. The first-order chi connectivity index (χ1) is 16.6. The number of ether oxygens (including phenoxy) is 1. The number of amides is 2. The first-order valence-electron chi connectivity index (χ1n) is 11.6. The van der Waals surface area contributed by atoms with Gasteiger partial charge < -0.3 is 9.64 Å². The molecular weight excluding hydrogens is 426 g/mol. The molecule has 0 saturated carbocycles. The SMILES string of the molecule is CCOc1ccc(C2=C(N(CC)CCc3ccncc3)C(=O)N(Cc3ccccc3)C2=O)cc1. The van der Waals surface area contributed by atoms with Gasteiger partial charge in [0, 0.05) is 25.5 Å². The Hall–Kier alpha value is -3.93. The molecule has 2 amide bonds. The molecule has 0 fully saturated rings. The van der Waals surface area contributed by atoms with Crippen molar-refractivity contribution in [1.29, 1.82) is 0 Å². The lowest BCUT2D eigenvalue weighted by atomic mass is 10.0. The van der Waals surface area contributed by atoms with E-state index in [4.69, 9.17) is 4.74 Å². The number of likely N-dealkylation sites (N-methyl/N-ethyl adjacent to an activating group) is 1. The summed E-state index contributed by atoms with van der Waals surface area (Å²) in [6.07, 6.45) is 4.28. The molecule has 6 nitrogen and oxygen atoms in total. The number of pyridine rings is 1. The van der Waals surface area contributed by atoms with Crippen LogP contribution in [0.15, 0.2) is 84.8 Å². The average molecular weight is 456 g/mol. The number of rotatable bonds is 10. The Balaban J connectivity index is 1.69. The van der Waals surface area contributed by atoms with E-state index in [0.29, 0.717) is 31.0 Å². The predicted octanol–water partition coefficient (Wildman–Crippen LogP) is 4.33. The summed E-state index contributed by atoms with van der Waals surface area (Å²) < 4.78 is 5.56. The molecule has 0 atom stereocenters. The first kappa shape index (κ1) is 23.2. The van der Waals surface area contributed by atoms with Gasteiger partial charge >= 0.3 is 0 Å². The Morgan fingerprint density at radius 2 is 1.56 bits per heavy atom. The van der Waals surface area contributed by atoms with Crippen molar-refractivity contribution in [3.05, 3.63) is 102 Å². The van der Waals surface area contributed by atoms with Crippen LogP contribution in [0.1, 0.15) is 30.5 Å². The van der Waals surface area contributed by atoms with Crippen LogP contribution in [0, 0.1) is 0 Å². The molecule has 0 bridgehead atoms. The van der Waals surface area contributed by atoms with Crippen LogP contribution in [0.3, 0.4) is 0 Å². The normalized spacial score (nSPS) is 13.5. The maximum Gasteiger partial charge on any atom is 0.278 e. The van der Waals surface area contributed by atoms with Crippen LogP contribution in [0.25, 0.3) is 5.57 Å². The van der Waals surface area contributed by atoms with Gasteiger partial charge in [-0.1, -0.05) is 42.5 Å². The summed E-state index contributed by atoms with van der Waals surface area (Å²) in [5, 5.41) is 0. The van der Waals surface area contributed by atoms with Gasteiger partial charge in [0.1, 0.15) is 11.4 Å². The third kappa shape index (κ3) is 5.01. The van der Waals surface area contributed by atoms with Gasteiger partial charge in [-0.2, -0.15) is 0 Å². The van der Waals surface area contributed by atoms with Gasteiger partial charge in [0.25, 0.3) is 11.8 Å². The van der Waals surface area contributed by atoms with E-state index in [2.05, 4.69) is 4.98 Å². The van der Waals surface area contributed by atoms with E-state index in [-0.39, 0.29) is 18.4 Å². The van der Waals surface area contributed by atoms with Crippen molar-refractivity contribution in [3.63, 3.8) is 0 Å². The summed E-state index contributed by atoms with van der Waals surface area (Å²) >= 11 is 0. The molecule has 34 heavy (non-hydrogen) atoms. The van der Waals surface area contributed by atoms with Crippen molar-refractivity contribution < 1.29 is 14.3 Å². The molecule has 6 heteroatoms. The Morgan fingerprint density at radius 1 is 0.853 bits per heavy atom. The van der Waals surface area contributed by atoms with E-state index >= 15 is 0 Å². The third-order valence-electron chi connectivity index (χ3n) is 5.90. The summed E-state index contributed by atoms with van der Waals surface area (Å²) in [5.41, 5.74) is 3.67. The molecular formula is C28H29N3O3. The van der Waals surface area contributed by atoms with Crippen molar-refractivity contribution in [1.82, 2.24) is 14.8 Å². The van der Waals surface area contributed by atoms with Crippen molar-refractivity contribution in [2.45, 2.75) is 26.8 Å². The summed E-state index contributed by atoms with van der Waals surface area (Å²) in [5.74, 6) is 0.209. The maximum absolute atomic E-state index is 13.7. The molecule has 1 aromatic heterocycles. The fraction of sp³-hybridized carbons (Fsp3) is 0.250. The van der Waals surface area contributed by atoms with Crippen molar-refractivity contribution in [3.8, 4) is 5.75 Å². The molecule has 0 radical (unpaired) electrons. The van der Waals surface area contributed by atoms with Crippen LogP contribution >= 0.6 is 0 Å². The lowest BCUT2D eigenvalue weighted by Gasteiger charge is -2.25. The van der Waals surface area contributed by atoms with E-state index in [0.717, 1.165) is 28.9 Å². The number of hydrogen-bond donors (Lipinski definition) is 0. The van der Waals surface area contributed by atoms with Gasteiger partial charge in [0.2, 0.25) is 0 Å². The molecule has 3 aromatic rings. The molecule has 2 aromatic carbocycles. The summed E-state index contributed by atoms with van der Waals surface area (Å²) in [7, 11) is 0. The number of nitrogens with zero attached hydrogens (tertiary/aromatic N) is 3. The molecule has 4 rings (SSSR count). The van der Waals surface area contributed by atoms with Crippen LogP contribution in [0.4, 0.5) is 0 Å². The molecule has 0 unspecified atom stereocenters. The van der Waals surface area contributed by atoms with E-state index in [1.807, 2.05) is 85.5 Å². The predicted molar refractivity (Wildman–Crippen MR) is 132 cm³/mol. The highest BCUT2D eigenvalue weighted by molar-refractivity contribution is 6.35. The number of carbonyl (C=O) groups excluding carboxylic acids is 2. The number of benzene rings is 2. The van der Waals surface area contributed by atoms with Gasteiger partial charge in [-0.05, 0) is 61.2 Å². The zero-order chi connectivity index (χ0) is 23.9. The van der Waals surface area contributed by atoms with E-state index in [9.17, 15) is 9.59 Å². The smallest absolute Gasteiger partial charge is 0.278 e. The molecule has 2 heterocycles. The largest absolute Gasteiger partial charge is 0.494 e. The van der Waals surface area contributed by atoms with E-state index < -0.39 is 0 Å². The van der Waals surface area contributed by atoms with Gasteiger partial charge in [-0.3, -0.25) is 19.5 Å². The second-order valence-electron chi connectivity index (χ2n) is 8.05. The lowest BCUT2D eigenvalue weighted by molar-refractivity contribution is -0.138. The Morgan fingerprint density at radius 3 is 2.21 bits per heavy atom. The highest BCUT2D eigenvalue weighted by Gasteiger charge is 2.41. The van der Waals surface area contributed by atoms with Crippen LogP contribution in [-0.4, -0.2) is 46.3 Å². The van der Waals surface area contributed by atoms with Crippen molar-refractivity contribution >= 4 is 17.4 Å². The topological polar surface area (TPSA) is 62.7 Å². The average Bonchev–Trinajstić information content (AvgIpc) is 3.11. The second-order valence-corrected chi connectivity index (χ2v) is 8.05. The van der Waals surface area contributed by atoms with Crippen LogP contribution in [0.5, 0.6) is 5.75 Å². The minimum absolute atomic E-state index is 0.241. The van der Waals surface area contributed by atoms with Crippen molar-refractivity contribution in [2.24, 2.45) is 0 Å². The summed E-state index contributed by atoms with van der Waals surface area (Å²) in [4.78, 5) is 34.7. The Labute approximate surface area is 200 Å². The highest BCUT2D eigenvalue weighted by atomic mass is 16.5. The molecule has 1 aliphatic rings. The standard InChI is InChI=1S/C28H29N3O3/c1-3-30(19-16-21-14-17-29-18-15-21)26-25(23-10-12-24(13-11-23)34-4-2)27(32)31(28(26)33)20-22-8-6-5-7-9-22/h5-15,17-18H,3-4,16,19-20H2,1-2H3. The van der Waals surface area contributed by atoms with Gasteiger partial charge in [-0.25, -0.2) is 0 Å². The highest BCUT2D eigenvalue weighted by Crippen LogP contribution is 2.33. The second kappa shape index (κ2) is 10.8. The quantitative estimate of drug-likeness (QED) is 0.426. The minimum atomic E-state index is -0.268. The van der Waals surface area contributed by atoms with Gasteiger partial charge in [-0.15, -0.1) is 0 Å². The van der Waals surface area contributed by atoms with Gasteiger partial charge in [0.05, 0.1) is 18.7 Å². The minimum Gasteiger partial charge on any atom is -0.494 e. The fourth-order valence-corrected chi connectivity index (χ4v) is 4.15. The van der Waals surface area contributed by atoms with E-state index in [1.165, 1.54) is 4.90 Å². The molecule has 0 saturated heterocycles. The number of carbonyl (C=O) groups is 2. The number of imide groups is 1. The first-order valence-corrected chi connectivity index (χ1v) is 11.6. The number of hydrogen-bond acceptors (Lipinski definition) is 5. The Bertz CT molecular complexity index is 1160. The Kier molecular flexibility index (Phi) is 7.38. The third-order valence-corrected chi connectivity index (χ3v) is 5.90. The lowest BCUT2D eigenvalue weighted by Crippen LogP contribution is -2.35. The van der Waals surface area contributed by atoms with Crippen LogP contribution < -0.4 is 4.74 Å².